The van der Waals surface area contributed by atoms with E-state index in [1.165, 1.54) is 0 Å². The van der Waals surface area contributed by atoms with Crippen molar-refractivity contribution in [2.24, 2.45) is 17.2 Å². The van der Waals surface area contributed by atoms with Crippen molar-refractivity contribution in [3.8, 4) is 0 Å². The summed E-state index contributed by atoms with van der Waals surface area (Å²) in [5.41, 5.74) is 20.1. The summed E-state index contributed by atoms with van der Waals surface area (Å²) in [4.78, 5) is 58.0. The maximum atomic E-state index is 12.2. The molecule has 0 aliphatic rings. The van der Waals surface area contributed by atoms with Crippen molar-refractivity contribution < 1.29 is 34.2 Å². The maximum Gasteiger partial charge on any atom is 0.328 e. The largest absolute Gasteiger partial charge is 0.480 e. The molecule has 1 unspecified atom stereocenters. The normalized spacial score (nSPS) is 14.6. The first kappa shape index (κ1) is 26.0. The number of unbranched alkanes of at least 4 members (excludes halogenated alkanes) is 1. The second-order valence-electron chi connectivity index (χ2n) is 6.27. The first-order valence-electron chi connectivity index (χ1n) is 8.81. The molecule has 14 nitrogen and oxygen atoms in total. The number of hydrogen-bond donors (Lipinski definition) is 9. The number of carbonyl (C=O) groups excluding carboxylic acids is 4. The van der Waals surface area contributed by atoms with Crippen LogP contribution >= 0.6 is 0 Å². The van der Waals surface area contributed by atoms with E-state index in [-0.39, 0.29) is 0 Å². The number of carboxylic acids is 1. The van der Waals surface area contributed by atoms with Gasteiger partial charge in [-0.2, -0.15) is 0 Å². The van der Waals surface area contributed by atoms with Crippen LogP contribution in [0.5, 0.6) is 0 Å². The quantitative estimate of drug-likeness (QED) is 0.110. The number of hydrazine groups is 1. The second-order valence-corrected chi connectivity index (χ2v) is 6.27. The number of carbonyl (C=O) groups is 5. The van der Waals surface area contributed by atoms with E-state index in [1.54, 1.807) is 0 Å². The lowest BCUT2D eigenvalue weighted by atomic mass is 10.1. The van der Waals surface area contributed by atoms with Gasteiger partial charge in [0.05, 0.1) is 18.6 Å². The van der Waals surface area contributed by atoms with Crippen molar-refractivity contribution in [3.63, 3.8) is 0 Å². The molecule has 0 spiro atoms. The van der Waals surface area contributed by atoms with Gasteiger partial charge in [0.1, 0.15) is 6.04 Å². The molecule has 12 N–H and O–H groups in total. The van der Waals surface area contributed by atoms with Crippen molar-refractivity contribution in [1.82, 2.24) is 21.5 Å². The fraction of sp³-hybridized carbons (Fsp3) is 0.667. The summed E-state index contributed by atoms with van der Waals surface area (Å²) in [6.07, 6.45) is -0.443. The minimum absolute atomic E-state index is 0.334. The van der Waals surface area contributed by atoms with Crippen LogP contribution in [0.15, 0.2) is 0 Å². The van der Waals surface area contributed by atoms with Crippen LogP contribution in [-0.2, 0) is 19.2 Å². The van der Waals surface area contributed by atoms with Crippen LogP contribution in [0.25, 0.3) is 0 Å². The fourth-order valence-corrected chi connectivity index (χ4v) is 2.08. The molecule has 5 amide bonds. The van der Waals surface area contributed by atoms with Crippen LogP contribution in [0.3, 0.4) is 0 Å². The SMILES string of the molecule is CC(O)[C@H](NC(=O)N[C@@H](CC(N)=O)C(=O)NNC(=O)[C@@H](N)CCCCN)C(=O)O. The Morgan fingerprint density at radius 3 is 2.07 bits per heavy atom. The van der Waals surface area contributed by atoms with Crippen LogP contribution < -0.4 is 38.7 Å². The predicted molar refractivity (Wildman–Crippen MR) is 99.5 cm³/mol. The summed E-state index contributed by atoms with van der Waals surface area (Å²) >= 11 is 0. The highest BCUT2D eigenvalue weighted by molar-refractivity contribution is 5.93. The average Bonchev–Trinajstić information content (AvgIpc) is 2.62. The van der Waals surface area contributed by atoms with Crippen LogP contribution in [0, 0.1) is 0 Å². The molecule has 0 saturated carbocycles. The summed E-state index contributed by atoms with van der Waals surface area (Å²) in [6, 6.07) is -5.23. The van der Waals surface area contributed by atoms with Gasteiger partial charge >= 0.3 is 12.0 Å². The number of aliphatic hydroxyl groups is 1. The van der Waals surface area contributed by atoms with Crippen molar-refractivity contribution >= 4 is 29.7 Å². The number of aliphatic carboxylic acids is 1. The number of nitrogens with two attached hydrogens (primary N) is 3. The minimum Gasteiger partial charge on any atom is -0.480 e. The van der Waals surface area contributed by atoms with Gasteiger partial charge in [-0.15, -0.1) is 0 Å². The monoisotopic (exact) mass is 419 g/mol. The molecular weight excluding hydrogens is 390 g/mol. The molecule has 0 rings (SSSR count). The maximum absolute atomic E-state index is 12.2. The number of primary amides is 1. The highest BCUT2D eigenvalue weighted by Crippen LogP contribution is 1.98. The van der Waals surface area contributed by atoms with Crippen molar-refractivity contribution in [2.75, 3.05) is 6.54 Å². The third-order valence-electron chi connectivity index (χ3n) is 3.68. The molecule has 0 saturated heterocycles. The zero-order valence-electron chi connectivity index (χ0n) is 16.0. The molecule has 0 aromatic rings. The molecular formula is C15H29N7O7. The highest BCUT2D eigenvalue weighted by atomic mass is 16.4. The van der Waals surface area contributed by atoms with Crippen LogP contribution in [0.1, 0.15) is 32.6 Å². The van der Waals surface area contributed by atoms with Gasteiger partial charge < -0.3 is 38.0 Å². The topological polar surface area (TPSA) is 252 Å². The van der Waals surface area contributed by atoms with E-state index < -0.39 is 60.4 Å². The number of carboxylic acid groups (broad SMARTS) is 1. The van der Waals surface area contributed by atoms with E-state index in [0.717, 1.165) is 6.92 Å². The highest BCUT2D eigenvalue weighted by Gasteiger charge is 2.28. The zero-order chi connectivity index (χ0) is 22.6. The minimum atomic E-state index is -1.65. The van der Waals surface area contributed by atoms with Crippen LogP contribution in [-0.4, -0.2) is 70.7 Å². The molecule has 0 aliphatic carbocycles. The number of rotatable bonds is 12. The average molecular weight is 419 g/mol. The molecule has 0 fully saturated rings. The first-order valence-corrected chi connectivity index (χ1v) is 8.81. The van der Waals surface area contributed by atoms with Gasteiger partial charge in [-0.05, 0) is 26.3 Å². The Balaban J connectivity index is 4.81. The van der Waals surface area contributed by atoms with E-state index in [4.69, 9.17) is 22.3 Å². The summed E-state index contributed by atoms with van der Waals surface area (Å²) in [5, 5.41) is 22.3. The fourth-order valence-electron chi connectivity index (χ4n) is 2.08. The molecule has 4 atom stereocenters. The lowest BCUT2D eigenvalue weighted by Crippen LogP contribution is -2.59. The number of aliphatic hydroxyl groups excluding tert-OH is 1. The standard InChI is InChI=1S/C15H29N7O7/c1-7(23)11(14(27)28)20-15(29)19-9(6-10(18)24)13(26)22-21-12(25)8(17)4-2-3-5-16/h7-9,11,23H,2-6,16-17H2,1H3,(H2,18,24)(H,21,25)(H,22,26)(H,27,28)(H2,19,20,29)/t7?,8-,9-,11-/m0/s1. The zero-order valence-corrected chi connectivity index (χ0v) is 16.0. The number of amides is 5. The van der Waals surface area contributed by atoms with E-state index in [2.05, 4.69) is 5.43 Å². The molecule has 0 aromatic heterocycles. The van der Waals surface area contributed by atoms with Gasteiger partial charge in [-0.3, -0.25) is 25.2 Å². The van der Waals surface area contributed by atoms with E-state index in [1.807, 2.05) is 16.1 Å². The summed E-state index contributed by atoms with van der Waals surface area (Å²) < 4.78 is 0. The van der Waals surface area contributed by atoms with E-state index in [0.29, 0.717) is 25.8 Å². The summed E-state index contributed by atoms with van der Waals surface area (Å²) in [5.74, 6) is -4.15. The Morgan fingerprint density at radius 2 is 1.59 bits per heavy atom. The Bertz CT molecular complexity index is 600. The Morgan fingerprint density at radius 1 is 1.00 bits per heavy atom. The molecule has 29 heavy (non-hydrogen) atoms. The van der Waals surface area contributed by atoms with Gasteiger partial charge in [0.25, 0.3) is 11.8 Å². The third-order valence-corrected chi connectivity index (χ3v) is 3.68. The molecule has 0 aliphatic heterocycles. The second kappa shape index (κ2) is 13.2. The van der Waals surface area contributed by atoms with Gasteiger partial charge in [0, 0.05) is 0 Å². The van der Waals surface area contributed by atoms with Gasteiger partial charge in [-0.1, -0.05) is 6.42 Å². The lowest BCUT2D eigenvalue weighted by Gasteiger charge is -2.21. The first-order chi connectivity index (χ1) is 13.5. The van der Waals surface area contributed by atoms with Crippen LogP contribution in [0.4, 0.5) is 4.79 Å². The summed E-state index contributed by atoms with van der Waals surface area (Å²) in [7, 11) is 0. The molecule has 0 radical (unpaired) electrons. The van der Waals surface area contributed by atoms with Gasteiger partial charge in [-0.25, -0.2) is 9.59 Å². The van der Waals surface area contributed by atoms with Gasteiger partial charge in [0.2, 0.25) is 5.91 Å². The number of urea groups is 1. The van der Waals surface area contributed by atoms with Crippen molar-refractivity contribution in [2.45, 2.75) is 56.8 Å². The van der Waals surface area contributed by atoms with Crippen LogP contribution in [0.2, 0.25) is 0 Å². The lowest BCUT2D eigenvalue weighted by molar-refractivity contribution is -0.141. The molecule has 0 heterocycles. The van der Waals surface area contributed by atoms with Gasteiger partial charge in [0.15, 0.2) is 6.04 Å². The van der Waals surface area contributed by atoms with Crippen molar-refractivity contribution in [3.05, 3.63) is 0 Å². The third kappa shape index (κ3) is 10.8. The van der Waals surface area contributed by atoms with E-state index in [9.17, 15) is 29.1 Å². The van der Waals surface area contributed by atoms with Crippen molar-refractivity contribution in [1.29, 1.82) is 0 Å². The Hall–Kier alpha value is -2.97. The van der Waals surface area contributed by atoms with E-state index >= 15 is 0 Å². The smallest absolute Gasteiger partial charge is 0.328 e. The number of nitrogens with one attached hydrogen (secondary N) is 4. The molecule has 166 valence electrons. The molecule has 0 aromatic carbocycles. The molecule has 14 heteroatoms. The predicted octanol–water partition coefficient (Wildman–Crippen LogP) is -4.03. The molecule has 0 bridgehead atoms. The Labute approximate surface area is 166 Å². The summed E-state index contributed by atoms with van der Waals surface area (Å²) in [6.45, 7) is 1.59. The number of hydrogen-bond acceptors (Lipinski definition) is 8. The Kier molecular flexibility index (Phi) is 11.9.